The Morgan fingerprint density at radius 2 is 2.07 bits per heavy atom. The largest absolute Gasteiger partial charge is 0.386 e. The fourth-order valence-electron chi connectivity index (χ4n) is 1.38. The molecule has 1 aliphatic heterocycles. The first-order valence-electron chi connectivity index (χ1n) is 5.38. The maximum atomic E-state index is 11.0. The van der Waals surface area contributed by atoms with Crippen LogP contribution in [0.3, 0.4) is 0 Å². The van der Waals surface area contributed by atoms with Crippen LogP contribution in [0.25, 0.3) is 0 Å². The van der Waals surface area contributed by atoms with Crippen LogP contribution in [0.15, 0.2) is 23.8 Å². The summed E-state index contributed by atoms with van der Waals surface area (Å²) < 4.78 is 4.35. The number of carbonyl (C=O) groups is 2. The Morgan fingerprint density at radius 1 is 1.27 bits per heavy atom. The number of carbonyl (C=O) groups excluding carboxylic acids is 2. The Balaban J connectivity index is 2.23. The first kappa shape index (κ1) is 11.7. The first-order chi connectivity index (χ1) is 7.24. The van der Waals surface area contributed by atoms with Gasteiger partial charge < -0.3 is 4.74 Å². The van der Waals surface area contributed by atoms with Crippen molar-refractivity contribution in [2.75, 3.05) is 0 Å². The van der Waals surface area contributed by atoms with Crippen molar-refractivity contribution in [1.29, 1.82) is 0 Å². The Bertz CT molecular complexity index is 300. The molecule has 0 atom stereocenters. The molecule has 0 aliphatic carbocycles. The average molecular weight is 208 g/mol. The molecule has 0 spiro atoms. The molecule has 0 N–H and O–H groups in total. The van der Waals surface area contributed by atoms with Crippen LogP contribution in [0.2, 0.25) is 0 Å². The van der Waals surface area contributed by atoms with Gasteiger partial charge in [0, 0.05) is 6.08 Å². The summed E-state index contributed by atoms with van der Waals surface area (Å²) >= 11 is 0. The van der Waals surface area contributed by atoms with Crippen molar-refractivity contribution in [3.05, 3.63) is 23.8 Å². The Labute approximate surface area is 89.8 Å². The van der Waals surface area contributed by atoms with Crippen LogP contribution in [-0.2, 0) is 14.3 Å². The highest BCUT2D eigenvalue weighted by Gasteiger charge is 2.20. The minimum atomic E-state index is -0.564. The summed E-state index contributed by atoms with van der Waals surface area (Å²) in [6, 6.07) is 0. The molecule has 15 heavy (non-hydrogen) atoms. The zero-order valence-electron chi connectivity index (χ0n) is 8.99. The normalized spacial score (nSPS) is 15.9. The van der Waals surface area contributed by atoms with E-state index in [9.17, 15) is 9.59 Å². The summed E-state index contributed by atoms with van der Waals surface area (Å²) in [7, 11) is 0. The minimum absolute atomic E-state index is 0.357. The Kier molecular flexibility index (Phi) is 4.81. The fourth-order valence-corrected chi connectivity index (χ4v) is 1.38. The zero-order chi connectivity index (χ0) is 11.1. The molecular formula is C12H16O3. The predicted octanol–water partition coefficient (Wildman–Crippen LogP) is 2.52. The Hall–Kier alpha value is -1.38. The summed E-state index contributed by atoms with van der Waals surface area (Å²) in [4.78, 5) is 21.7. The maximum absolute atomic E-state index is 11.0. The second-order valence-electron chi connectivity index (χ2n) is 3.56. The van der Waals surface area contributed by atoms with E-state index in [2.05, 4.69) is 11.7 Å². The quantitative estimate of drug-likeness (QED) is 0.382. The molecule has 82 valence electrons. The SMILES string of the molecule is CCCCCCC=CC1=CC(=O)OC1=O. The molecule has 0 bridgehead atoms. The van der Waals surface area contributed by atoms with Crippen LogP contribution in [0.4, 0.5) is 0 Å². The summed E-state index contributed by atoms with van der Waals surface area (Å²) in [6.07, 6.45) is 10.6. The molecule has 0 radical (unpaired) electrons. The first-order valence-corrected chi connectivity index (χ1v) is 5.38. The van der Waals surface area contributed by atoms with Crippen molar-refractivity contribution in [3.63, 3.8) is 0 Å². The van der Waals surface area contributed by atoms with E-state index >= 15 is 0 Å². The summed E-state index contributed by atoms with van der Waals surface area (Å²) in [5, 5.41) is 0. The van der Waals surface area contributed by atoms with E-state index < -0.39 is 11.9 Å². The highest BCUT2D eigenvalue weighted by atomic mass is 16.6. The summed E-state index contributed by atoms with van der Waals surface area (Å²) in [5.74, 6) is -1.10. The second-order valence-corrected chi connectivity index (χ2v) is 3.56. The number of esters is 2. The van der Waals surface area contributed by atoms with Crippen LogP contribution in [0.5, 0.6) is 0 Å². The van der Waals surface area contributed by atoms with Gasteiger partial charge in [0.2, 0.25) is 0 Å². The number of hydrogen-bond acceptors (Lipinski definition) is 3. The van der Waals surface area contributed by atoms with E-state index in [4.69, 9.17) is 0 Å². The van der Waals surface area contributed by atoms with Crippen molar-refractivity contribution in [1.82, 2.24) is 0 Å². The molecule has 0 saturated carbocycles. The van der Waals surface area contributed by atoms with Crippen molar-refractivity contribution in [2.24, 2.45) is 0 Å². The minimum Gasteiger partial charge on any atom is -0.386 e. The zero-order valence-corrected chi connectivity index (χ0v) is 8.99. The number of hydrogen-bond donors (Lipinski definition) is 0. The molecule has 1 aliphatic rings. The third-order valence-corrected chi connectivity index (χ3v) is 2.22. The van der Waals surface area contributed by atoms with Gasteiger partial charge in [-0.2, -0.15) is 0 Å². The predicted molar refractivity (Wildman–Crippen MR) is 57.1 cm³/mol. The van der Waals surface area contributed by atoms with E-state index in [0.29, 0.717) is 5.57 Å². The van der Waals surface area contributed by atoms with Gasteiger partial charge in [0.1, 0.15) is 0 Å². The van der Waals surface area contributed by atoms with Crippen molar-refractivity contribution in [2.45, 2.75) is 39.0 Å². The number of rotatable bonds is 6. The van der Waals surface area contributed by atoms with Crippen LogP contribution >= 0.6 is 0 Å². The summed E-state index contributed by atoms with van der Waals surface area (Å²) in [6.45, 7) is 2.17. The van der Waals surface area contributed by atoms with Gasteiger partial charge >= 0.3 is 11.9 Å². The van der Waals surface area contributed by atoms with E-state index in [1.165, 1.54) is 25.3 Å². The van der Waals surface area contributed by atoms with Crippen LogP contribution in [0, 0.1) is 0 Å². The van der Waals surface area contributed by atoms with Gasteiger partial charge in [0.15, 0.2) is 0 Å². The molecule has 0 aromatic rings. The molecule has 0 aromatic carbocycles. The van der Waals surface area contributed by atoms with Gasteiger partial charge in [0.25, 0.3) is 0 Å². The van der Waals surface area contributed by atoms with Crippen LogP contribution < -0.4 is 0 Å². The molecule has 3 heteroatoms. The van der Waals surface area contributed by atoms with Crippen molar-refractivity contribution in [3.8, 4) is 0 Å². The van der Waals surface area contributed by atoms with Gasteiger partial charge in [-0.15, -0.1) is 0 Å². The maximum Gasteiger partial charge on any atom is 0.346 e. The van der Waals surface area contributed by atoms with Crippen LogP contribution in [0.1, 0.15) is 39.0 Å². The lowest BCUT2D eigenvalue weighted by atomic mass is 10.1. The second kappa shape index (κ2) is 6.17. The van der Waals surface area contributed by atoms with E-state index in [1.54, 1.807) is 6.08 Å². The highest BCUT2D eigenvalue weighted by Crippen LogP contribution is 2.10. The molecule has 0 aromatic heterocycles. The third kappa shape index (κ3) is 4.11. The van der Waals surface area contributed by atoms with Gasteiger partial charge in [-0.25, -0.2) is 9.59 Å². The highest BCUT2D eigenvalue weighted by molar-refractivity contribution is 6.10. The molecule has 0 fully saturated rings. The number of ether oxygens (including phenoxy) is 1. The van der Waals surface area contributed by atoms with Gasteiger partial charge in [0.05, 0.1) is 5.57 Å². The molecule has 1 heterocycles. The molecule has 1 rings (SSSR count). The lowest BCUT2D eigenvalue weighted by Crippen LogP contribution is -2.00. The number of unbranched alkanes of at least 4 members (excludes halogenated alkanes) is 4. The fraction of sp³-hybridized carbons (Fsp3) is 0.500. The van der Waals surface area contributed by atoms with Gasteiger partial charge in [-0.3, -0.25) is 0 Å². The smallest absolute Gasteiger partial charge is 0.346 e. The van der Waals surface area contributed by atoms with E-state index in [-0.39, 0.29) is 0 Å². The standard InChI is InChI=1S/C12H16O3/c1-2-3-4-5-6-7-8-10-9-11(13)15-12(10)14/h7-9H,2-6H2,1H3. The van der Waals surface area contributed by atoms with Crippen molar-refractivity contribution < 1.29 is 14.3 Å². The van der Waals surface area contributed by atoms with E-state index in [0.717, 1.165) is 12.8 Å². The number of allylic oxidation sites excluding steroid dienone is 1. The molecule has 3 nitrogen and oxygen atoms in total. The number of cyclic esters (lactones) is 2. The van der Waals surface area contributed by atoms with Crippen LogP contribution in [-0.4, -0.2) is 11.9 Å². The lowest BCUT2D eigenvalue weighted by molar-refractivity contribution is -0.150. The van der Waals surface area contributed by atoms with E-state index in [1.807, 2.05) is 6.08 Å². The molecule has 0 unspecified atom stereocenters. The monoisotopic (exact) mass is 208 g/mol. The Morgan fingerprint density at radius 3 is 2.67 bits per heavy atom. The average Bonchev–Trinajstić information content (AvgIpc) is 2.51. The molecular weight excluding hydrogens is 192 g/mol. The van der Waals surface area contributed by atoms with Gasteiger partial charge in [-0.1, -0.05) is 38.3 Å². The third-order valence-electron chi connectivity index (χ3n) is 2.22. The summed E-state index contributed by atoms with van der Waals surface area (Å²) in [5.41, 5.74) is 0.357. The van der Waals surface area contributed by atoms with Gasteiger partial charge in [-0.05, 0) is 12.8 Å². The topological polar surface area (TPSA) is 43.4 Å². The molecule has 0 saturated heterocycles. The van der Waals surface area contributed by atoms with Crippen molar-refractivity contribution >= 4 is 11.9 Å². The lowest BCUT2D eigenvalue weighted by Gasteiger charge is -1.94. The molecule has 0 amide bonds.